The minimum Gasteiger partial charge on any atom is -0.462 e. The zero-order chi connectivity index (χ0) is 55.5. The molecule has 0 aromatic rings. The Balaban J connectivity index is 4.78. The van der Waals surface area contributed by atoms with Gasteiger partial charge >= 0.3 is 25.7 Å². The average molecular weight is 1080 g/mol. The Bertz CT molecular complexity index is 1690. The zero-order valence-corrected chi connectivity index (χ0v) is 48.8. The number of hydrogen-bond acceptors (Lipinski definition) is 10. The van der Waals surface area contributed by atoms with E-state index in [1.807, 2.05) is 12.2 Å². The molecule has 0 radical (unpaired) electrons. The molecule has 12 heteroatoms. The van der Waals surface area contributed by atoms with Gasteiger partial charge in [-0.05, 0) is 116 Å². The van der Waals surface area contributed by atoms with Crippen LogP contribution in [-0.2, 0) is 42.2 Å². The van der Waals surface area contributed by atoms with Crippen molar-refractivity contribution in [3.63, 3.8) is 0 Å². The Labute approximate surface area is 463 Å². The molecule has 434 valence electrons. The summed E-state index contributed by atoms with van der Waals surface area (Å²) in [5.74, 6) is -1.55. The van der Waals surface area contributed by atoms with E-state index >= 15 is 0 Å². The molecule has 0 aliphatic heterocycles. The lowest BCUT2D eigenvalue weighted by Gasteiger charge is -2.21. The molecule has 11 nitrogen and oxygen atoms in total. The maximum atomic E-state index is 12.9. The topological polar surface area (TPSA) is 155 Å². The van der Waals surface area contributed by atoms with Crippen LogP contribution in [0.4, 0.5) is 0 Å². The molecule has 0 spiro atoms. The first-order valence-corrected chi connectivity index (χ1v) is 31.3. The van der Waals surface area contributed by atoms with Gasteiger partial charge in [-0.25, -0.2) is 4.57 Å². The lowest BCUT2D eigenvalue weighted by molar-refractivity contribution is -0.161. The van der Waals surface area contributed by atoms with Crippen molar-refractivity contribution in [2.45, 2.75) is 251 Å². The molecule has 0 amide bonds. The first kappa shape index (κ1) is 72.1. The summed E-state index contributed by atoms with van der Waals surface area (Å²) >= 11 is 0. The van der Waals surface area contributed by atoms with Crippen LogP contribution < -0.4 is 0 Å². The Morgan fingerprint density at radius 3 is 1.16 bits per heavy atom. The van der Waals surface area contributed by atoms with Crippen LogP contribution in [0.1, 0.15) is 239 Å². The second-order valence-corrected chi connectivity index (χ2v) is 20.9. The van der Waals surface area contributed by atoms with Gasteiger partial charge in [0, 0.05) is 19.3 Å². The average Bonchev–Trinajstić information content (AvgIpc) is 3.41. The minimum atomic E-state index is -4.77. The quantitative estimate of drug-likeness (QED) is 0.0197. The number of aliphatic hydroxyl groups excluding tert-OH is 1. The van der Waals surface area contributed by atoms with Crippen LogP contribution in [-0.4, -0.2) is 66.5 Å². The first-order chi connectivity index (χ1) is 37.2. The van der Waals surface area contributed by atoms with Crippen molar-refractivity contribution < 1.29 is 52.2 Å². The summed E-state index contributed by atoms with van der Waals surface area (Å²) in [6.07, 6.45) is 69.1. The number of carbonyl (C=O) groups excluding carboxylic acids is 3. The second-order valence-electron chi connectivity index (χ2n) is 19.4. The Morgan fingerprint density at radius 1 is 0.382 bits per heavy atom. The van der Waals surface area contributed by atoms with Crippen LogP contribution in [0.25, 0.3) is 0 Å². The summed E-state index contributed by atoms with van der Waals surface area (Å²) < 4.78 is 39.5. The lowest BCUT2D eigenvalue weighted by Crippen LogP contribution is -2.30. The molecular weight excluding hydrogens is 976 g/mol. The number of unbranched alkanes of at least 4 members (excludes halogenated alkanes) is 19. The van der Waals surface area contributed by atoms with E-state index < -0.39 is 57.8 Å². The highest BCUT2D eigenvalue weighted by atomic mass is 31.2. The van der Waals surface area contributed by atoms with Crippen molar-refractivity contribution in [1.82, 2.24) is 0 Å². The molecule has 0 fully saturated rings. The van der Waals surface area contributed by atoms with Crippen molar-refractivity contribution >= 4 is 25.7 Å². The van der Waals surface area contributed by atoms with E-state index in [1.165, 1.54) is 57.8 Å². The molecule has 3 atom stereocenters. The standard InChI is InChI=1S/C64H107O11P/c1-4-7-10-13-16-19-22-25-27-29-30-32-34-37-40-43-46-49-52-55-64(68)75-61(57-71-62(66)53-50-47-44-41-38-35-24-21-18-15-12-9-6-3)59-73-76(69,70)72-58-60(56-65)74-63(67)54-51-48-45-42-39-36-33-31-28-26-23-20-17-14-11-8-5-2/h8,11-12,15-17,19-21,24-28,33,36,42,45,60-61,65H,4-7,9-10,13-14,18,22-23,29-32,34-35,37-41,43-44,46-59H2,1-3H3,(H,69,70)/b11-8-,15-12-,19-16-,20-17-,24-21-,27-25-,28-26-,36-33-,45-42-. The summed E-state index contributed by atoms with van der Waals surface area (Å²) in [5, 5.41) is 9.82. The fourth-order valence-corrected chi connectivity index (χ4v) is 8.42. The van der Waals surface area contributed by atoms with Crippen LogP contribution in [0.15, 0.2) is 109 Å². The molecule has 3 unspecified atom stereocenters. The number of hydrogen-bond donors (Lipinski definition) is 2. The van der Waals surface area contributed by atoms with E-state index in [0.29, 0.717) is 25.7 Å². The van der Waals surface area contributed by atoms with Gasteiger partial charge in [0.1, 0.15) is 12.7 Å². The van der Waals surface area contributed by atoms with E-state index in [9.17, 15) is 28.9 Å². The number of rotatable bonds is 54. The summed E-state index contributed by atoms with van der Waals surface area (Å²) in [6.45, 7) is 4.36. The van der Waals surface area contributed by atoms with Crippen molar-refractivity contribution in [1.29, 1.82) is 0 Å². The van der Waals surface area contributed by atoms with Crippen LogP contribution >= 0.6 is 7.82 Å². The van der Waals surface area contributed by atoms with E-state index in [2.05, 4.69) is 118 Å². The Morgan fingerprint density at radius 2 is 0.724 bits per heavy atom. The molecule has 0 bridgehead atoms. The highest BCUT2D eigenvalue weighted by molar-refractivity contribution is 7.47. The second kappa shape index (κ2) is 57.3. The van der Waals surface area contributed by atoms with Gasteiger partial charge in [0.2, 0.25) is 0 Å². The van der Waals surface area contributed by atoms with E-state index in [0.717, 1.165) is 116 Å². The first-order valence-electron chi connectivity index (χ1n) is 29.8. The van der Waals surface area contributed by atoms with Gasteiger partial charge in [0.15, 0.2) is 6.10 Å². The zero-order valence-electron chi connectivity index (χ0n) is 47.9. The normalized spacial score (nSPS) is 14.1. The molecule has 0 aromatic carbocycles. The van der Waals surface area contributed by atoms with Gasteiger partial charge in [-0.15, -0.1) is 0 Å². The Kier molecular flexibility index (Phi) is 54.4. The predicted molar refractivity (Wildman–Crippen MR) is 316 cm³/mol. The molecule has 2 N–H and O–H groups in total. The smallest absolute Gasteiger partial charge is 0.462 e. The number of phosphoric ester groups is 1. The number of carbonyl (C=O) groups is 3. The van der Waals surface area contributed by atoms with Gasteiger partial charge in [-0.1, -0.05) is 214 Å². The third-order valence-corrected chi connectivity index (χ3v) is 13.1. The lowest BCUT2D eigenvalue weighted by atomic mass is 10.1. The molecule has 0 aliphatic carbocycles. The highest BCUT2D eigenvalue weighted by Crippen LogP contribution is 2.43. The van der Waals surface area contributed by atoms with Crippen molar-refractivity contribution in [3.05, 3.63) is 109 Å². The van der Waals surface area contributed by atoms with Crippen LogP contribution in [0, 0.1) is 0 Å². The maximum Gasteiger partial charge on any atom is 0.472 e. The Hall–Kier alpha value is -3.86. The molecule has 0 saturated carbocycles. The molecule has 0 aliphatic rings. The SMILES string of the molecule is CC/C=C\C/C=C\C/C=C\C/C=C\C/C=C\CCCC(=O)OC(CO)COP(=O)(O)OCC(COC(=O)CCCCCCC/C=C\C/C=C\CCC)OC(=O)CCCCCCCCCCC/C=C\C/C=C\CCCCC. The van der Waals surface area contributed by atoms with Crippen LogP contribution in [0.5, 0.6) is 0 Å². The molecular formula is C64H107O11P. The van der Waals surface area contributed by atoms with Crippen molar-refractivity contribution in [3.8, 4) is 0 Å². The number of aliphatic hydroxyl groups is 1. The minimum absolute atomic E-state index is 0.0931. The van der Waals surface area contributed by atoms with Gasteiger partial charge in [0.25, 0.3) is 0 Å². The summed E-state index contributed by atoms with van der Waals surface area (Å²) in [4.78, 5) is 48.6. The monoisotopic (exact) mass is 1080 g/mol. The molecule has 0 rings (SSSR count). The van der Waals surface area contributed by atoms with Gasteiger partial charge < -0.3 is 24.2 Å². The molecule has 0 saturated heterocycles. The van der Waals surface area contributed by atoms with Crippen LogP contribution in [0.3, 0.4) is 0 Å². The van der Waals surface area contributed by atoms with Gasteiger partial charge in [-0.3, -0.25) is 23.4 Å². The highest BCUT2D eigenvalue weighted by Gasteiger charge is 2.28. The van der Waals surface area contributed by atoms with Crippen LogP contribution in [0.2, 0.25) is 0 Å². The number of phosphoric acid groups is 1. The largest absolute Gasteiger partial charge is 0.472 e. The fraction of sp³-hybridized carbons (Fsp3) is 0.672. The molecule has 76 heavy (non-hydrogen) atoms. The fourth-order valence-electron chi connectivity index (χ4n) is 7.64. The summed E-state index contributed by atoms with van der Waals surface area (Å²) in [7, 11) is -4.77. The molecule has 0 aromatic heterocycles. The van der Waals surface area contributed by atoms with Gasteiger partial charge in [-0.2, -0.15) is 0 Å². The summed E-state index contributed by atoms with van der Waals surface area (Å²) in [5.41, 5.74) is 0. The maximum absolute atomic E-state index is 12.9. The summed E-state index contributed by atoms with van der Waals surface area (Å²) in [6, 6.07) is 0. The third-order valence-electron chi connectivity index (χ3n) is 12.1. The number of ether oxygens (including phenoxy) is 3. The number of esters is 3. The van der Waals surface area contributed by atoms with E-state index in [1.54, 1.807) is 0 Å². The van der Waals surface area contributed by atoms with Crippen molar-refractivity contribution in [2.24, 2.45) is 0 Å². The molecule has 0 heterocycles. The van der Waals surface area contributed by atoms with Gasteiger partial charge in [0.05, 0.1) is 19.8 Å². The number of allylic oxidation sites excluding steroid dienone is 18. The third kappa shape index (κ3) is 54.9. The van der Waals surface area contributed by atoms with E-state index in [-0.39, 0.29) is 25.9 Å². The van der Waals surface area contributed by atoms with Crippen molar-refractivity contribution in [2.75, 3.05) is 26.4 Å². The predicted octanol–water partition coefficient (Wildman–Crippen LogP) is 17.8. The van der Waals surface area contributed by atoms with E-state index in [4.69, 9.17) is 23.3 Å².